The van der Waals surface area contributed by atoms with E-state index in [9.17, 15) is 18.4 Å². The first-order valence-electron chi connectivity index (χ1n) is 7.84. The number of nitrogens with one attached hydrogen (secondary N) is 1. The highest BCUT2D eigenvalue weighted by molar-refractivity contribution is 6.32. The SMILES string of the molecule is Cc1cccc2c(=O)n(CC(=O)Nc3ccc(OC(F)F)c(Cl)c3)cnc12. The van der Waals surface area contributed by atoms with Crippen LogP contribution in [0.25, 0.3) is 10.9 Å². The van der Waals surface area contributed by atoms with Crippen LogP contribution in [0, 0.1) is 6.92 Å². The van der Waals surface area contributed by atoms with Gasteiger partial charge in [0.05, 0.1) is 22.3 Å². The number of ether oxygens (including phenoxy) is 1. The topological polar surface area (TPSA) is 73.2 Å². The van der Waals surface area contributed by atoms with Gasteiger partial charge in [0.15, 0.2) is 0 Å². The molecule has 2 aromatic carbocycles. The number of aryl methyl sites for hydroxylation is 1. The second-order valence-corrected chi connectivity index (χ2v) is 6.13. The molecule has 0 atom stereocenters. The highest BCUT2D eigenvalue weighted by Crippen LogP contribution is 2.28. The van der Waals surface area contributed by atoms with Gasteiger partial charge < -0.3 is 10.1 Å². The van der Waals surface area contributed by atoms with Crippen LogP contribution in [0.3, 0.4) is 0 Å². The van der Waals surface area contributed by atoms with Crippen molar-refractivity contribution in [3.05, 3.63) is 63.7 Å². The van der Waals surface area contributed by atoms with Gasteiger partial charge in [-0.2, -0.15) is 8.78 Å². The molecule has 0 unspecified atom stereocenters. The molecule has 9 heteroatoms. The summed E-state index contributed by atoms with van der Waals surface area (Å²) in [6, 6.07) is 9.10. The normalized spacial score (nSPS) is 11.0. The average Bonchev–Trinajstić information content (AvgIpc) is 2.60. The van der Waals surface area contributed by atoms with Gasteiger partial charge in [-0.15, -0.1) is 0 Å². The van der Waals surface area contributed by atoms with Crippen molar-refractivity contribution >= 4 is 34.1 Å². The quantitative estimate of drug-likeness (QED) is 0.718. The largest absolute Gasteiger partial charge is 0.433 e. The first kappa shape index (κ1) is 18.8. The molecule has 27 heavy (non-hydrogen) atoms. The number of fused-ring (bicyclic) bond motifs is 1. The van der Waals surface area contributed by atoms with E-state index in [-0.39, 0.29) is 28.6 Å². The van der Waals surface area contributed by atoms with Gasteiger partial charge in [-0.25, -0.2) is 4.98 Å². The van der Waals surface area contributed by atoms with Crippen LogP contribution in [-0.4, -0.2) is 22.1 Å². The molecule has 1 heterocycles. The van der Waals surface area contributed by atoms with Crippen LogP contribution >= 0.6 is 11.6 Å². The summed E-state index contributed by atoms with van der Waals surface area (Å²) in [5.41, 5.74) is 1.39. The third-order valence-electron chi connectivity index (χ3n) is 3.80. The fourth-order valence-corrected chi connectivity index (χ4v) is 2.80. The molecule has 1 aromatic heterocycles. The van der Waals surface area contributed by atoms with Crippen LogP contribution < -0.4 is 15.6 Å². The summed E-state index contributed by atoms with van der Waals surface area (Å²) in [5.74, 6) is -0.695. The molecule has 140 valence electrons. The lowest BCUT2D eigenvalue weighted by molar-refractivity contribution is -0.116. The summed E-state index contributed by atoms with van der Waals surface area (Å²) in [5, 5.41) is 2.89. The number of anilines is 1. The molecule has 1 amide bonds. The van der Waals surface area contributed by atoms with Crippen LogP contribution in [-0.2, 0) is 11.3 Å². The molecule has 0 radical (unpaired) electrons. The van der Waals surface area contributed by atoms with Crippen LogP contribution in [0.1, 0.15) is 5.56 Å². The summed E-state index contributed by atoms with van der Waals surface area (Å²) in [7, 11) is 0. The summed E-state index contributed by atoms with van der Waals surface area (Å²) >= 11 is 5.85. The Labute approximate surface area is 157 Å². The molecule has 0 spiro atoms. The van der Waals surface area contributed by atoms with Crippen molar-refractivity contribution in [2.75, 3.05) is 5.32 Å². The van der Waals surface area contributed by atoms with Gasteiger partial charge in [0.2, 0.25) is 5.91 Å². The van der Waals surface area contributed by atoms with E-state index >= 15 is 0 Å². The molecule has 0 fully saturated rings. The second kappa shape index (κ2) is 7.71. The van der Waals surface area contributed by atoms with Crippen LogP contribution in [0.2, 0.25) is 5.02 Å². The number of hydrogen-bond donors (Lipinski definition) is 1. The van der Waals surface area contributed by atoms with Crippen LogP contribution in [0.15, 0.2) is 47.5 Å². The van der Waals surface area contributed by atoms with Crippen molar-refractivity contribution in [1.82, 2.24) is 9.55 Å². The second-order valence-electron chi connectivity index (χ2n) is 5.72. The zero-order chi connectivity index (χ0) is 19.6. The van der Waals surface area contributed by atoms with Crippen LogP contribution in [0.4, 0.5) is 14.5 Å². The Balaban J connectivity index is 1.77. The number of aromatic nitrogens is 2. The maximum atomic E-state index is 12.5. The summed E-state index contributed by atoms with van der Waals surface area (Å²) in [6.07, 6.45) is 1.31. The molecule has 0 aliphatic carbocycles. The fourth-order valence-electron chi connectivity index (χ4n) is 2.58. The molecule has 3 rings (SSSR count). The van der Waals surface area contributed by atoms with E-state index in [1.165, 1.54) is 29.1 Å². The molecule has 6 nitrogen and oxygen atoms in total. The summed E-state index contributed by atoms with van der Waals surface area (Å²) in [4.78, 5) is 29.0. The van der Waals surface area contributed by atoms with Gasteiger partial charge in [0.1, 0.15) is 12.3 Å². The maximum absolute atomic E-state index is 12.5. The van der Waals surface area contributed by atoms with E-state index in [1.54, 1.807) is 12.1 Å². The molecule has 3 aromatic rings. The molecular weight excluding hydrogens is 380 g/mol. The summed E-state index contributed by atoms with van der Waals surface area (Å²) in [6.45, 7) is -1.42. The van der Waals surface area contributed by atoms with Gasteiger partial charge in [-0.1, -0.05) is 23.7 Å². The monoisotopic (exact) mass is 393 g/mol. The lowest BCUT2D eigenvalue weighted by atomic mass is 10.1. The predicted molar refractivity (Wildman–Crippen MR) is 97.5 cm³/mol. The smallest absolute Gasteiger partial charge is 0.387 e. The number of carbonyl (C=O) groups is 1. The number of amides is 1. The highest BCUT2D eigenvalue weighted by atomic mass is 35.5. The number of para-hydroxylation sites is 1. The highest BCUT2D eigenvalue weighted by Gasteiger charge is 2.12. The number of alkyl halides is 2. The Morgan fingerprint density at radius 1 is 1.33 bits per heavy atom. The Morgan fingerprint density at radius 3 is 2.81 bits per heavy atom. The van der Waals surface area contributed by atoms with Gasteiger partial charge in [-0.3, -0.25) is 14.2 Å². The number of nitrogens with zero attached hydrogens (tertiary/aromatic N) is 2. The standard InChI is InChI=1S/C18H14ClF2N3O3/c1-10-3-2-4-12-16(10)22-9-24(17(12)26)8-15(25)23-11-5-6-14(13(19)7-11)27-18(20)21/h2-7,9,18H,8H2,1H3,(H,23,25). The van der Waals surface area contributed by atoms with Crippen molar-refractivity contribution < 1.29 is 18.3 Å². The van der Waals surface area contributed by atoms with E-state index in [1.807, 2.05) is 13.0 Å². The first-order valence-corrected chi connectivity index (χ1v) is 8.22. The molecule has 0 saturated carbocycles. The third-order valence-corrected chi connectivity index (χ3v) is 4.10. The molecule has 0 aliphatic rings. The average molecular weight is 394 g/mol. The number of halogens is 3. The predicted octanol–water partition coefficient (Wildman–Crippen LogP) is 3.60. The fraction of sp³-hybridized carbons (Fsp3) is 0.167. The maximum Gasteiger partial charge on any atom is 0.387 e. The molecule has 0 aliphatic heterocycles. The van der Waals surface area contributed by atoms with Gasteiger partial charge in [-0.05, 0) is 36.8 Å². The molecular formula is C18H14ClF2N3O3. The minimum atomic E-state index is -3.00. The zero-order valence-electron chi connectivity index (χ0n) is 14.1. The first-order chi connectivity index (χ1) is 12.8. The van der Waals surface area contributed by atoms with Crippen molar-refractivity contribution in [3.8, 4) is 5.75 Å². The number of carbonyl (C=O) groups excluding carboxylic acids is 1. The van der Waals surface area contributed by atoms with Crippen molar-refractivity contribution in [2.45, 2.75) is 20.1 Å². The Bertz CT molecular complexity index is 1070. The molecule has 1 N–H and O–H groups in total. The Kier molecular flexibility index (Phi) is 5.36. The zero-order valence-corrected chi connectivity index (χ0v) is 14.8. The van der Waals surface area contributed by atoms with Gasteiger partial charge in [0, 0.05) is 5.69 Å². The molecule has 0 bridgehead atoms. The van der Waals surface area contributed by atoms with Crippen molar-refractivity contribution in [2.24, 2.45) is 0 Å². The summed E-state index contributed by atoms with van der Waals surface area (Å²) < 4.78 is 29.9. The minimum absolute atomic E-state index is 0.0758. The van der Waals surface area contributed by atoms with E-state index < -0.39 is 12.5 Å². The number of hydrogen-bond acceptors (Lipinski definition) is 4. The lowest BCUT2D eigenvalue weighted by Gasteiger charge is -2.11. The van der Waals surface area contributed by atoms with Crippen molar-refractivity contribution in [1.29, 1.82) is 0 Å². The van der Waals surface area contributed by atoms with Gasteiger partial charge in [0.25, 0.3) is 5.56 Å². The Hall–Kier alpha value is -3.00. The Morgan fingerprint density at radius 2 is 2.11 bits per heavy atom. The molecule has 0 saturated heterocycles. The van der Waals surface area contributed by atoms with Crippen LogP contribution in [0.5, 0.6) is 5.75 Å². The lowest BCUT2D eigenvalue weighted by Crippen LogP contribution is -2.28. The third kappa shape index (κ3) is 4.22. The van der Waals surface area contributed by atoms with E-state index in [4.69, 9.17) is 11.6 Å². The van der Waals surface area contributed by atoms with E-state index in [0.29, 0.717) is 10.9 Å². The number of rotatable bonds is 5. The number of benzene rings is 2. The van der Waals surface area contributed by atoms with Gasteiger partial charge >= 0.3 is 6.61 Å². The minimum Gasteiger partial charge on any atom is -0.433 e. The van der Waals surface area contributed by atoms with E-state index in [0.717, 1.165) is 5.56 Å². The van der Waals surface area contributed by atoms with Crippen molar-refractivity contribution in [3.63, 3.8) is 0 Å². The van der Waals surface area contributed by atoms with E-state index in [2.05, 4.69) is 15.0 Å².